The molecule has 1 saturated carbocycles. The maximum Gasteiger partial charge on any atom is 0.123 e. The van der Waals surface area contributed by atoms with Gasteiger partial charge in [-0.1, -0.05) is 13.0 Å². The Labute approximate surface area is 103 Å². The van der Waals surface area contributed by atoms with Gasteiger partial charge in [0, 0.05) is 6.04 Å². The highest BCUT2D eigenvalue weighted by Crippen LogP contribution is 2.34. The van der Waals surface area contributed by atoms with Gasteiger partial charge < -0.3 is 5.32 Å². The average molecular weight is 235 g/mol. The van der Waals surface area contributed by atoms with Crippen LogP contribution in [0.15, 0.2) is 18.2 Å². The van der Waals surface area contributed by atoms with Crippen LogP contribution in [0.5, 0.6) is 0 Å². The minimum Gasteiger partial charge on any atom is -0.313 e. The molecule has 1 atom stereocenters. The molecule has 0 bridgehead atoms. The summed E-state index contributed by atoms with van der Waals surface area (Å²) in [4.78, 5) is 0. The molecule has 0 aliphatic heterocycles. The minimum absolute atomic E-state index is 0.115. The van der Waals surface area contributed by atoms with Crippen LogP contribution in [0, 0.1) is 18.7 Å². The van der Waals surface area contributed by atoms with Gasteiger partial charge in [0.1, 0.15) is 5.82 Å². The van der Waals surface area contributed by atoms with E-state index in [-0.39, 0.29) is 5.82 Å². The monoisotopic (exact) mass is 235 g/mol. The number of nitrogens with one attached hydrogen (secondary N) is 1. The quantitative estimate of drug-likeness (QED) is 0.796. The first-order valence-corrected chi connectivity index (χ1v) is 6.69. The van der Waals surface area contributed by atoms with Crippen molar-refractivity contribution in [2.45, 2.75) is 45.6 Å². The molecule has 0 heterocycles. The Morgan fingerprint density at radius 2 is 2.18 bits per heavy atom. The van der Waals surface area contributed by atoms with Crippen LogP contribution >= 0.6 is 0 Å². The fourth-order valence-electron chi connectivity index (χ4n) is 2.33. The molecule has 0 spiro atoms. The van der Waals surface area contributed by atoms with Crippen molar-refractivity contribution in [3.05, 3.63) is 35.1 Å². The summed E-state index contributed by atoms with van der Waals surface area (Å²) < 4.78 is 13.2. The lowest BCUT2D eigenvalue weighted by Crippen LogP contribution is -2.33. The Kier molecular flexibility index (Phi) is 4.16. The summed E-state index contributed by atoms with van der Waals surface area (Å²) in [5.74, 6) is 0.694. The van der Waals surface area contributed by atoms with Gasteiger partial charge in [0.05, 0.1) is 0 Å². The first-order valence-electron chi connectivity index (χ1n) is 6.69. The molecule has 1 fully saturated rings. The second-order valence-electron chi connectivity index (χ2n) is 5.17. The molecule has 1 N–H and O–H groups in total. The van der Waals surface area contributed by atoms with Crippen molar-refractivity contribution in [3.63, 3.8) is 0 Å². The van der Waals surface area contributed by atoms with Crippen LogP contribution in [0.1, 0.15) is 37.3 Å². The molecule has 1 nitrogen and oxygen atoms in total. The minimum atomic E-state index is -0.115. The molecule has 0 saturated heterocycles. The molecule has 1 aromatic carbocycles. The summed E-state index contributed by atoms with van der Waals surface area (Å²) in [6, 6.07) is 5.66. The third kappa shape index (κ3) is 3.53. The third-order valence-corrected chi connectivity index (χ3v) is 3.60. The Balaban J connectivity index is 2.03. The molecule has 0 amide bonds. The number of benzene rings is 1. The fourth-order valence-corrected chi connectivity index (χ4v) is 2.33. The summed E-state index contributed by atoms with van der Waals surface area (Å²) in [5, 5.41) is 3.60. The Hall–Kier alpha value is -0.890. The van der Waals surface area contributed by atoms with Crippen molar-refractivity contribution >= 4 is 0 Å². The Morgan fingerprint density at radius 3 is 2.82 bits per heavy atom. The van der Waals surface area contributed by atoms with Gasteiger partial charge in [-0.2, -0.15) is 0 Å². The predicted molar refractivity (Wildman–Crippen MR) is 69.6 cm³/mol. The Bertz CT molecular complexity index is 371. The molecule has 1 aromatic rings. The first-order chi connectivity index (χ1) is 8.20. The third-order valence-electron chi connectivity index (χ3n) is 3.60. The van der Waals surface area contributed by atoms with E-state index in [0.717, 1.165) is 30.9 Å². The van der Waals surface area contributed by atoms with E-state index in [0.29, 0.717) is 6.04 Å². The van der Waals surface area contributed by atoms with Gasteiger partial charge in [-0.3, -0.25) is 0 Å². The standard InChI is InChI=1S/C15H22FN/c1-3-8-17-15(12-5-6-12)10-13-9-14(16)7-4-11(13)2/h4,7,9,12,15,17H,3,5-6,8,10H2,1-2H3. The molecular weight excluding hydrogens is 213 g/mol. The Morgan fingerprint density at radius 1 is 1.41 bits per heavy atom. The number of rotatable bonds is 6. The lowest BCUT2D eigenvalue weighted by Gasteiger charge is -2.19. The van der Waals surface area contributed by atoms with Crippen molar-refractivity contribution in [1.82, 2.24) is 5.32 Å². The summed E-state index contributed by atoms with van der Waals surface area (Å²) in [5.41, 5.74) is 2.36. The van der Waals surface area contributed by atoms with E-state index in [1.165, 1.54) is 18.4 Å². The second kappa shape index (κ2) is 5.63. The highest BCUT2D eigenvalue weighted by atomic mass is 19.1. The highest BCUT2D eigenvalue weighted by molar-refractivity contribution is 5.27. The van der Waals surface area contributed by atoms with E-state index in [9.17, 15) is 4.39 Å². The molecule has 1 unspecified atom stereocenters. The molecule has 94 valence electrons. The molecule has 0 aromatic heterocycles. The first kappa shape index (κ1) is 12.6. The maximum absolute atomic E-state index is 13.2. The van der Waals surface area contributed by atoms with Crippen LogP contribution in [0.3, 0.4) is 0 Å². The second-order valence-corrected chi connectivity index (χ2v) is 5.17. The molecule has 2 heteroatoms. The van der Waals surface area contributed by atoms with E-state index in [2.05, 4.69) is 19.2 Å². The zero-order valence-corrected chi connectivity index (χ0v) is 10.8. The van der Waals surface area contributed by atoms with Gasteiger partial charge in [-0.05, 0) is 68.3 Å². The number of hydrogen-bond donors (Lipinski definition) is 1. The number of halogens is 1. The lowest BCUT2D eigenvalue weighted by molar-refractivity contribution is 0.458. The molecule has 17 heavy (non-hydrogen) atoms. The van der Waals surface area contributed by atoms with Crippen LogP contribution in [0.4, 0.5) is 4.39 Å². The fraction of sp³-hybridized carbons (Fsp3) is 0.600. The molecular formula is C15H22FN. The summed E-state index contributed by atoms with van der Waals surface area (Å²) in [6.07, 6.45) is 4.78. The van der Waals surface area contributed by atoms with Gasteiger partial charge in [-0.15, -0.1) is 0 Å². The van der Waals surface area contributed by atoms with E-state index in [1.807, 2.05) is 6.07 Å². The van der Waals surface area contributed by atoms with Crippen LogP contribution in [-0.4, -0.2) is 12.6 Å². The van der Waals surface area contributed by atoms with E-state index in [4.69, 9.17) is 0 Å². The summed E-state index contributed by atoms with van der Waals surface area (Å²) >= 11 is 0. The smallest absolute Gasteiger partial charge is 0.123 e. The SMILES string of the molecule is CCCNC(Cc1cc(F)ccc1C)C1CC1. The predicted octanol–water partition coefficient (Wildman–Crippen LogP) is 3.45. The maximum atomic E-state index is 13.2. The van der Waals surface area contributed by atoms with Crippen molar-refractivity contribution in [1.29, 1.82) is 0 Å². The number of aryl methyl sites for hydroxylation is 1. The normalized spacial score (nSPS) is 17.1. The van der Waals surface area contributed by atoms with Gasteiger partial charge in [0.25, 0.3) is 0 Å². The zero-order chi connectivity index (χ0) is 12.3. The van der Waals surface area contributed by atoms with Crippen LogP contribution in [0.25, 0.3) is 0 Å². The van der Waals surface area contributed by atoms with E-state index in [1.54, 1.807) is 12.1 Å². The zero-order valence-electron chi connectivity index (χ0n) is 10.8. The largest absolute Gasteiger partial charge is 0.313 e. The highest BCUT2D eigenvalue weighted by Gasteiger charge is 2.30. The topological polar surface area (TPSA) is 12.0 Å². The van der Waals surface area contributed by atoms with Crippen molar-refractivity contribution in [3.8, 4) is 0 Å². The van der Waals surface area contributed by atoms with E-state index >= 15 is 0 Å². The average Bonchev–Trinajstić information content (AvgIpc) is 3.13. The molecule has 2 rings (SSSR count). The van der Waals surface area contributed by atoms with Gasteiger partial charge in [0.2, 0.25) is 0 Å². The van der Waals surface area contributed by atoms with Crippen LogP contribution in [-0.2, 0) is 6.42 Å². The van der Waals surface area contributed by atoms with Crippen molar-refractivity contribution in [2.24, 2.45) is 5.92 Å². The molecule has 1 aliphatic rings. The van der Waals surface area contributed by atoms with Crippen molar-refractivity contribution < 1.29 is 4.39 Å². The van der Waals surface area contributed by atoms with Crippen LogP contribution < -0.4 is 5.32 Å². The van der Waals surface area contributed by atoms with Gasteiger partial charge in [-0.25, -0.2) is 4.39 Å². The molecule has 0 radical (unpaired) electrons. The van der Waals surface area contributed by atoms with Crippen LogP contribution in [0.2, 0.25) is 0 Å². The molecule has 1 aliphatic carbocycles. The summed E-state index contributed by atoms with van der Waals surface area (Å²) in [7, 11) is 0. The summed E-state index contributed by atoms with van der Waals surface area (Å²) in [6.45, 7) is 5.32. The number of hydrogen-bond acceptors (Lipinski definition) is 1. The van der Waals surface area contributed by atoms with Gasteiger partial charge in [0.15, 0.2) is 0 Å². The van der Waals surface area contributed by atoms with Gasteiger partial charge >= 0.3 is 0 Å². The lowest BCUT2D eigenvalue weighted by atomic mass is 9.98. The van der Waals surface area contributed by atoms with Crippen molar-refractivity contribution in [2.75, 3.05) is 6.54 Å². The van der Waals surface area contributed by atoms with E-state index < -0.39 is 0 Å².